The average Bonchev–Trinajstić information content (AvgIpc) is 2.51. The first kappa shape index (κ1) is 19.2. The van der Waals surface area contributed by atoms with Crippen LogP contribution in [-0.2, 0) is 10.5 Å². The summed E-state index contributed by atoms with van der Waals surface area (Å²) in [6.07, 6.45) is 0. The fourth-order valence-electron chi connectivity index (χ4n) is 2.48. The number of aryl methyl sites for hydroxylation is 2. The Morgan fingerprint density at radius 2 is 1.92 bits per heavy atom. The van der Waals surface area contributed by atoms with Crippen molar-refractivity contribution >= 4 is 40.9 Å². The predicted octanol–water partition coefficient (Wildman–Crippen LogP) is 5.72. The second-order valence-corrected chi connectivity index (χ2v) is 7.71. The van der Waals surface area contributed by atoms with Gasteiger partial charge < -0.3 is 5.32 Å². The maximum absolute atomic E-state index is 12.2. The topological polar surface area (TPSA) is 29.1 Å². The van der Waals surface area contributed by atoms with Crippen molar-refractivity contribution in [3.63, 3.8) is 0 Å². The smallest absolute Gasteiger partial charge is 0.230 e. The van der Waals surface area contributed by atoms with Crippen LogP contribution in [0.3, 0.4) is 0 Å². The maximum atomic E-state index is 12.2. The second-order valence-electron chi connectivity index (χ2n) is 5.88. The van der Waals surface area contributed by atoms with Crippen molar-refractivity contribution in [3.05, 3.63) is 68.7 Å². The fourth-order valence-corrected chi connectivity index (χ4v) is 3.88. The molecule has 0 aromatic heterocycles. The second kappa shape index (κ2) is 8.80. The summed E-state index contributed by atoms with van der Waals surface area (Å²) in [5, 5.41) is 4.32. The minimum atomic E-state index is -0.00267. The minimum absolute atomic E-state index is 0.00267. The van der Waals surface area contributed by atoms with Crippen LogP contribution in [0.15, 0.2) is 36.4 Å². The van der Waals surface area contributed by atoms with Crippen LogP contribution in [0.2, 0.25) is 10.0 Å². The summed E-state index contributed by atoms with van der Waals surface area (Å²) in [5.74, 6) is 1.11. The van der Waals surface area contributed by atoms with Gasteiger partial charge in [-0.2, -0.15) is 0 Å². The van der Waals surface area contributed by atoms with E-state index in [9.17, 15) is 4.79 Å². The molecule has 0 spiro atoms. The third kappa shape index (κ3) is 5.44. The lowest BCUT2D eigenvalue weighted by Crippen LogP contribution is -2.28. The molecule has 0 aliphatic carbocycles. The van der Waals surface area contributed by atoms with E-state index in [1.54, 1.807) is 6.07 Å². The molecule has 2 aromatic carbocycles. The molecule has 0 radical (unpaired) electrons. The van der Waals surface area contributed by atoms with E-state index >= 15 is 0 Å². The van der Waals surface area contributed by atoms with Crippen LogP contribution in [-0.4, -0.2) is 11.7 Å². The van der Waals surface area contributed by atoms with Gasteiger partial charge in [0.05, 0.1) is 11.8 Å². The molecule has 2 rings (SSSR count). The number of thioether (sulfide) groups is 1. The number of amides is 1. The molecular formula is C19H21Cl2NOS. The zero-order valence-corrected chi connectivity index (χ0v) is 16.4. The molecule has 2 aromatic rings. The summed E-state index contributed by atoms with van der Waals surface area (Å²) in [5.41, 5.74) is 4.54. The lowest BCUT2D eigenvalue weighted by atomic mass is 10.00. The van der Waals surface area contributed by atoms with E-state index in [0.29, 0.717) is 21.6 Å². The number of nitrogens with one attached hydrogen (secondary N) is 1. The van der Waals surface area contributed by atoms with Crippen molar-refractivity contribution in [2.75, 3.05) is 5.75 Å². The average molecular weight is 382 g/mol. The van der Waals surface area contributed by atoms with Gasteiger partial charge in [0.15, 0.2) is 0 Å². The van der Waals surface area contributed by atoms with Crippen molar-refractivity contribution in [2.45, 2.75) is 32.6 Å². The third-order valence-corrected chi connectivity index (χ3v) is 5.35. The van der Waals surface area contributed by atoms with E-state index in [0.717, 1.165) is 11.1 Å². The van der Waals surface area contributed by atoms with E-state index in [1.807, 2.05) is 19.1 Å². The molecule has 0 bridgehead atoms. The zero-order valence-electron chi connectivity index (χ0n) is 14.0. The lowest BCUT2D eigenvalue weighted by molar-refractivity contribution is -0.119. The van der Waals surface area contributed by atoms with Crippen LogP contribution in [0.4, 0.5) is 0 Å². The Hall–Kier alpha value is -1.16. The number of carbonyl (C=O) groups excluding carboxylic acids is 1. The van der Waals surface area contributed by atoms with E-state index < -0.39 is 0 Å². The van der Waals surface area contributed by atoms with Crippen LogP contribution in [0.25, 0.3) is 0 Å². The van der Waals surface area contributed by atoms with Crippen molar-refractivity contribution in [2.24, 2.45) is 0 Å². The SMILES string of the molecule is Cc1ccc(C)c(C(C)NC(=O)CSCc2ccc(Cl)cc2Cl)c1. The summed E-state index contributed by atoms with van der Waals surface area (Å²) >= 11 is 13.6. The van der Waals surface area contributed by atoms with Gasteiger partial charge in [-0.15, -0.1) is 11.8 Å². The largest absolute Gasteiger partial charge is 0.349 e. The molecule has 1 unspecified atom stereocenters. The Balaban J connectivity index is 1.85. The van der Waals surface area contributed by atoms with Crippen LogP contribution in [0.5, 0.6) is 0 Å². The Morgan fingerprint density at radius 3 is 2.62 bits per heavy atom. The fraction of sp³-hybridized carbons (Fsp3) is 0.316. The molecule has 24 heavy (non-hydrogen) atoms. The number of rotatable bonds is 6. The highest BCUT2D eigenvalue weighted by Crippen LogP contribution is 2.25. The summed E-state index contributed by atoms with van der Waals surface area (Å²) in [6.45, 7) is 6.14. The highest BCUT2D eigenvalue weighted by molar-refractivity contribution is 7.99. The summed E-state index contributed by atoms with van der Waals surface area (Å²) < 4.78 is 0. The molecule has 1 atom stereocenters. The van der Waals surface area contributed by atoms with E-state index in [-0.39, 0.29) is 11.9 Å². The first-order valence-electron chi connectivity index (χ1n) is 7.75. The van der Waals surface area contributed by atoms with Gasteiger partial charge in [0.25, 0.3) is 0 Å². The zero-order chi connectivity index (χ0) is 17.7. The standard InChI is InChI=1S/C19H21Cl2NOS/c1-12-4-5-13(2)17(8-12)14(3)22-19(23)11-24-10-15-6-7-16(20)9-18(15)21/h4-9,14H,10-11H2,1-3H3,(H,22,23). The number of carbonyl (C=O) groups is 1. The van der Waals surface area contributed by atoms with E-state index in [4.69, 9.17) is 23.2 Å². The van der Waals surface area contributed by atoms with Crippen molar-refractivity contribution < 1.29 is 4.79 Å². The first-order valence-corrected chi connectivity index (χ1v) is 9.66. The van der Waals surface area contributed by atoms with Crippen LogP contribution in [0, 0.1) is 13.8 Å². The molecule has 1 N–H and O–H groups in total. The third-order valence-electron chi connectivity index (χ3n) is 3.78. The molecule has 0 aliphatic heterocycles. The van der Waals surface area contributed by atoms with Crippen LogP contribution in [0.1, 0.15) is 35.2 Å². The molecular weight excluding hydrogens is 361 g/mol. The van der Waals surface area contributed by atoms with Crippen molar-refractivity contribution in [3.8, 4) is 0 Å². The van der Waals surface area contributed by atoms with Crippen molar-refractivity contribution in [1.82, 2.24) is 5.32 Å². The molecule has 0 heterocycles. The quantitative estimate of drug-likeness (QED) is 0.692. The molecule has 1 amide bonds. The van der Waals surface area contributed by atoms with Gasteiger partial charge >= 0.3 is 0 Å². The molecule has 0 saturated carbocycles. The van der Waals surface area contributed by atoms with E-state index in [2.05, 4.69) is 37.4 Å². The van der Waals surface area contributed by atoms with Crippen LogP contribution < -0.4 is 5.32 Å². The van der Waals surface area contributed by atoms with Gasteiger partial charge in [-0.1, -0.05) is 53.0 Å². The summed E-state index contributed by atoms with van der Waals surface area (Å²) in [6, 6.07) is 11.7. The minimum Gasteiger partial charge on any atom is -0.349 e. The predicted molar refractivity (Wildman–Crippen MR) is 105 cm³/mol. The Morgan fingerprint density at radius 1 is 1.17 bits per heavy atom. The van der Waals surface area contributed by atoms with Crippen LogP contribution >= 0.6 is 35.0 Å². The highest BCUT2D eigenvalue weighted by Gasteiger charge is 2.12. The van der Waals surface area contributed by atoms with E-state index in [1.165, 1.54) is 22.9 Å². The first-order chi connectivity index (χ1) is 11.4. The normalized spacial score (nSPS) is 12.0. The highest BCUT2D eigenvalue weighted by atomic mass is 35.5. The van der Waals surface area contributed by atoms with Crippen molar-refractivity contribution in [1.29, 1.82) is 0 Å². The Kier molecular flexibility index (Phi) is 7.02. The van der Waals surface area contributed by atoms with Gasteiger partial charge in [-0.05, 0) is 49.6 Å². The molecule has 128 valence electrons. The Labute approximate surface area is 157 Å². The van der Waals surface area contributed by atoms with Gasteiger partial charge in [0, 0.05) is 15.8 Å². The lowest BCUT2D eigenvalue weighted by Gasteiger charge is -2.17. The number of hydrogen-bond acceptors (Lipinski definition) is 2. The Bertz CT molecular complexity index is 733. The van der Waals surface area contributed by atoms with Gasteiger partial charge in [0.2, 0.25) is 5.91 Å². The summed E-state index contributed by atoms with van der Waals surface area (Å²) in [7, 11) is 0. The molecule has 5 heteroatoms. The molecule has 2 nitrogen and oxygen atoms in total. The molecule has 0 saturated heterocycles. The van der Waals surface area contributed by atoms with Gasteiger partial charge in [-0.3, -0.25) is 4.79 Å². The van der Waals surface area contributed by atoms with Gasteiger partial charge in [-0.25, -0.2) is 0 Å². The maximum Gasteiger partial charge on any atom is 0.230 e. The summed E-state index contributed by atoms with van der Waals surface area (Å²) in [4.78, 5) is 12.2. The monoisotopic (exact) mass is 381 g/mol. The molecule has 0 fully saturated rings. The number of hydrogen-bond donors (Lipinski definition) is 1. The van der Waals surface area contributed by atoms with Gasteiger partial charge in [0.1, 0.15) is 0 Å². The number of benzene rings is 2. The number of halogens is 2. The molecule has 0 aliphatic rings.